The first-order chi connectivity index (χ1) is 11.3. The summed E-state index contributed by atoms with van der Waals surface area (Å²) in [7, 11) is -3.57. The summed E-state index contributed by atoms with van der Waals surface area (Å²) in [6.45, 7) is 8.04. The van der Waals surface area contributed by atoms with Crippen LogP contribution in [0.2, 0.25) is 0 Å². The number of sulfone groups is 1. The van der Waals surface area contributed by atoms with Gasteiger partial charge in [-0.3, -0.25) is 0 Å². The monoisotopic (exact) mass is 352 g/mol. The third-order valence-corrected chi connectivity index (χ3v) is 6.38. The zero-order valence-electron chi connectivity index (χ0n) is 15.5. The molecule has 1 aromatic carbocycles. The van der Waals surface area contributed by atoms with Gasteiger partial charge >= 0.3 is 0 Å². The van der Waals surface area contributed by atoms with Crippen molar-refractivity contribution in [1.82, 2.24) is 0 Å². The second kappa shape index (κ2) is 10.00. The number of allylic oxidation sites excluding steroid dienone is 1. The highest BCUT2D eigenvalue weighted by atomic mass is 32.2. The normalized spacial score (nSPS) is 15.3. The van der Waals surface area contributed by atoms with E-state index in [9.17, 15) is 13.5 Å². The average molecular weight is 353 g/mol. The predicted octanol–water partition coefficient (Wildman–Crippen LogP) is 5.03. The van der Waals surface area contributed by atoms with E-state index in [1.54, 1.807) is 18.2 Å². The molecule has 0 radical (unpaired) electrons. The molecule has 2 atom stereocenters. The fourth-order valence-corrected chi connectivity index (χ4v) is 4.46. The maximum atomic E-state index is 13.1. The van der Waals surface area contributed by atoms with Crippen LogP contribution in [0.25, 0.3) is 0 Å². The molecule has 0 aliphatic carbocycles. The van der Waals surface area contributed by atoms with Gasteiger partial charge in [-0.2, -0.15) is 0 Å². The highest BCUT2D eigenvalue weighted by molar-refractivity contribution is 7.95. The SMILES string of the molecule is CCCC[C@H](O)/C=C(/[C@@H](C)CCCC)S(=O)(=O)c1ccc(C)cc1. The van der Waals surface area contributed by atoms with Crippen LogP contribution in [0.5, 0.6) is 0 Å². The molecular formula is C20H32O3S. The number of benzene rings is 1. The molecule has 0 saturated heterocycles. The van der Waals surface area contributed by atoms with Gasteiger partial charge in [-0.15, -0.1) is 0 Å². The third kappa shape index (κ3) is 6.06. The number of aliphatic hydroxyl groups is 1. The van der Waals surface area contributed by atoms with Crippen molar-refractivity contribution < 1.29 is 13.5 Å². The summed E-state index contributed by atoms with van der Waals surface area (Å²) in [5.41, 5.74) is 1.03. The molecule has 0 aromatic heterocycles. The average Bonchev–Trinajstić information content (AvgIpc) is 2.55. The van der Waals surface area contributed by atoms with Gasteiger partial charge in [0.15, 0.2) is 0 Å². The van der Waals surface area contributed by atoms with Gasteiger partial charge in [0.25, 0.3) is 0 Å². The summed E-state index contributed by atoms with van der Waals surface area (Å²) in [5.74, 6) is -0.0903. The minimum atomic E-state index is -3.57. The van der Waals surface area contributed by atoms with Crippen molar-refractivity contribution >= 4 is 9.84 Å². The molecule has 0 saturated carbocycles. The minimum Gasteiger partial charge on any atom is -0.389 e. The second-order valence-corrected chi connectivity index (χ2v) is 8.59. The van der Waals surface area contributed by atoms with E-state index in [1.807, 2.05) is 26.0 Å². The molecule has 3 nitrogen and oxygen atoms in total. The molecule has 4 heteroatoms. The Morgan fingerprint density at radius 2 is 1.62 bits per heavy atom. The van der Waals surface area contributed by atoms with E-state index in [-0.39, 0.29) is 5.92 Å². The zero-order chi connectivity index (χ0) is 18.2. The van der Waals surface area contributed by atoms with Crippen LogP contribution in [0.3, 0.4) is 0 Å². The van der Waals surface area contributed by atoms with E-state index >= 15 is 0 Å². The molecule has 0 heterocycles. The topological polar surface area (TPSA) is 54.4 Å². The summed E-state index contributed by atoms with van der Waals surface area (Å²) >= 11 is 0. The molecule has 1 aromatic rings. The smallest absolute Gasteiger partial charge is 0.202 e. The molecule has 0 spiro atoms. The van der Waals surface area contributed by atoms with Crippen LogP contribution >= 0.6 is 0 Å². The standard InChI is InChI=1S/C20H32O3S/c1-5-7-9-17(4)20(15-18(21)10-8-6-2)24(22,23)19-13-11-16(3)12-14-19/h11-15,17-18,21H,5-10H2,1-4H3/b20-15-/t17-,18-/m0/s1. The van der Waals surface area contributed by atoms with E-state index in [1.165, 1.54) is 0 Å². The Bertz CT molecular complexity index is 615. The number of rotatable bonds is 10. The van der Waals surface area contributed by atoms with Gasteiger partial charge < -0.3 is 5.11 Å². The van der Waals surface area contributed by atoms with Crippen LogP contribution in [0.15, 0.2) is 40.1 Å². The first kappa shape index (κ1) is 20.9. The molecule has 24 heavy (non-hydrogen) atoms. The predicted molar refractivity (Wildman–Crippen MR) is 101 cm³/mol. The van der Waals surface area contributed by atoms with Crippen LogP contribution in [0, 0.1) is 12.8 Å². The van der Waals surface area contributed by atoms with Crippen LogP contribution in [-0.4, -0.2) is 19.6 Å². The Hall–Kier alpha value is -1.13. The maximum Gasteiger partial charge on any atom is 0.202 e. The molecule has 1 rings (SSSR count). The van der Waals surface area contributed by atoms with E-state index in [4.69, 9.17) is 0 Å². The van der Waals surface area contributed by atoms with Gasteiger partial charge in [0, 0.05) is 0 Å². The van der Waals surface area contributed by atoms with Crippen molar-refractivity contribution in [2.75, 3.05) is 0 Å². The first-order valence-corrected chi connectivity index (χ1v) is 10.5. The molecule has 0 amide bonds. The lowest BCUT2D eigenvalue weighted by Crippen LogP contribution is -2.16. The Morgan fingerprint density at radius 1 is 1.08 bits per heavy atom. The molecule has 0 bridgehead atoms. The Balaban J connectivity index is 3.19. The van der Waals surface area contributed by atoms with Crippen molar-refractivity contribution in [3.8, 4) is 0 Å². The molecule has 0 unspecified atom stereocenters. The van der Waals surface area contributed by atoms with E-state index in [0.717, 1.165) is 37.7 Å². The van der Waals surface area contributed by atoms with E-state index < -0.39 is 15.9 Å². The van der Waals surface area contributed by atoms with Crippen molar-refractivity contribution in [3.05, 3.63) is 40.8 Å². The summed E-state index contributed by atoms with van der Waals surface area (Å²) < 4.78 is 26.2. The third-order valence-electron chi connectivity index (χ3n) is 4.33. The molecule has 0 aliphatic rings. The van der Waals surface area contributed by atoms with Crippen molar-refractivity contribution in [2.45, 2.75) is 77.2 Å². The largest absolute Gasteiger partial charge is 0.389 e. The van der Waals surface area contributed by atoms with Gasteiger partial charge in [0.1, 0.15) is 0 Å². The van der Waals surface area contributed by atoms with Crippen LogP contribution in [0.4, 0.5) is 0 Å². The highest BCUT2D eigenvalue weighted by Gasteiger charge is 2.26. The molecule has 136 valence electrons. The summed E-state index contributed by atoms with van der Waals surface area (Å²) in [6, 6.07) is 6.94. The second-order valence-electron chi connectivity index (χ2n) is 6.64. The van der Waals surface area contributed by atoms with Gasteiger partial charge in [-0.25, -0.2) is 8.42 Å². The summed E-state index contributed by atoms with van der Waals surface area (Å²) in [6.07, 6.45) is 6.16. The number of aryl methyl sites for hydroxylation is 1. The van der Waals surface area contributed by atoms with Crippen LogP contribution in [-0.2, 0) is 9.84 Å². The van der Waals surface area contributed by atoms with Crippen molar-refractivity contribution in [2.24, 2.45) is 5.92 Å². The highest BCUT2D eigenvalue weighted by Crippen LogP contribution is 2.29. The van der Waals surface area contributed by atoms with Gasteiger partial charge in [0.2, 0.25) is 9.84 Å². The van der Waals surface area contributed by atoms with Crippen LogP contribution < -0.4 is 0 Å². The molecular weight excluding hydrogens is 320 g/mol. The lowest BCUT2D eigenvalue weighted by atomic mass is 10.0. The summed E-state index contributed by atoms with van der Waals surface area (Å²) in [5, 5.41) is 10.2. The number of unbranched alkanes of at least 4 members (excludes halogenated alkanes) is 2. The number of hydrogen-bond donors (Lipinski definition) is 1. The fraction of sp³-hybridized carbons (Fsp3) is 0.600. The maximum absolute atomic E-state index is 13.1. The van der Waals surface area contributed by atoms with Crippen LogP contribution in [0.1, 0.15) is 64.9 Å². The van der Waals surface area contributed by atoms with Gasteiger partial charge in [0.05, 0.1) is 15.9 Å². The molecule has 0 fully saturated rings. The lowest BCUT2D eigenvalue weighted by Gasteiger charge is -2.18. The Kier molecular flexibility index (Phi) is 8.71. The molecule has 0 aliphatic heterocycles. The molecule has 1 N–H and O–H groups in total. The first-order valence-electron chi connectivity index (χ1n) is 9.04. The fourth-order valence-electron chi connectivity index (χ4n) is 2.71. The van der Waals surface area contributed by atoms with E-state index in [0.29, 0.717) is 16.2 Å². The lowest BCUT2D eigenvalue weighted by molar-refractivity contribution is 0.208. The van der Waals surface area contributed by atoms with E-state index in [2.05, 4.69) is 13.8 Å². The quantitative estimate of drug-likeness (QED) is 0.642. The number of hydrogen-bond acceptors (Lipinski definition) is 3. The number of aliphatic hydroxyl groups excluding tert-OH is 1. The van der Waals surface area contributed by atoms with Gasteiger partial charge in [-0.05, 0) is 43.9 Å². The zero-order valence-corrected chi connectivity index (χ0v) is 16.3. The van der Waals surface area contributed by atoms with Gasteiger partial charge in [-0.1, -0.05) is 64.2 Å². The Labute approximate surface area is 147 Å². The Morgan fingerprint density at radius 3 is 2.17 bits per heavy atom. The summed E-state index contributed by atoms with van der Waals surface area (Å²) in [4.78, 5) is 0.675. The minimum absolute atomic E-state index is 0.0903. The van der Waals surface area contributed by atoms with Crippen molar-refractivity contribution in [3.63, 3.8) is 0 Å². The van der Waals surface area contributed by atoms with Crippen molar-refractivity contribution in [1.29, 1.82) is 0 Å².